The van der Waals surface area contributed by atoms with Crippen molar-refractivity contribution in [1.29, 1.82) is 0 Å². The van der Waals surface area contributed by atoms with Crippen LogP contribution in [0.3, 0.4) is 0 Å². The highest BCUT2D eigenvalue weighted by Gasteiger charge is 2.07. The maximum Gasteiger partial charge on any atom is 0.0383 e. The van der Waals surface area contributed by atoms with E-state index >= 15 is 0 Å². The van der Waals surface area contributed by atoms with Crippen LogP contribution in [-0.2, 0) is 6.54 Å². The molecule has 1 aromatic carbocycles. The molecule has 1 aromatic rings. The van der Waals surface area contributed by atoms with Crippen LogP contribution >= 0.6 is 0 Å². The molecule has 0 heterocycles. The van der Waals surface area contributed by atoms with Crippen molar-refractivity contribution in [1.82, 2.24) is 10.0 Å². The first kappa shape index (κ1) is 17.1. The van der Waals surface area contributed by atoms with E-state index in [0.29, 0.717) is 0 Å². The summed E-state index contributed by atoms with van der Waals surface area (Å²) in [5.41, 5.74) is 1.38. The standard InChI is InChI=1S/C14H24N2.C2H6/c1-4-5-9-12-16(15(2)3)13-14-10-7-6-8-11-14;1-2/h6-8,10-11H,4-5,9,12-13H2,1-3H3;1-2H3. The van der Waals surface area contributed by atoms with Gasteiger partial charge in [0.2, 0.25) is 0 Å². The smallest absolute Gasteiger partial charge is 0.0383 e. The molecule has 1 rings (SSSR count). The molecule has 104 valence electrons. The molecule has 0 unspecified atom stereocenters. The van der Waals surface area contributed by atoms with Crippen molar-refractivity contribution in [3.63, 3.8) is 0 Å². The second-order valence-corrected chi connectivity index (χ2v) is 4.43. The summed E-state index contributed by atoms with van der Waals surface area (Å²) in [5, 5.41) is 4.59. The van der Waals surface area contributed by atoms with Crippen molar-refractivity contribution in [2.75, 3.05) is 20.6 Å². The normalized spacial score (nSPS) is 10.4. The summed E-state index contributed by atoms with van der Waals surface area (Å²) in [4.78, 5) is 0. The molecule has 0 atom stereocenters. The van der Waals surface area contributed by atoms with Crippen LogP contribution in [0.5, 0.6) is 0 Å². The molecular weight excluding hydrogens is 220 g/mol. The van der Waals surface area contributed by atoms with Crippen LogP contribution in [0.4, 0.5) is 0 Å². The monoisotopic (exact) mass is 250 g/mol. The SMILES string of the molecule is CC.CCCCCN(Cc1ccccc1)N(C)C. The minimum absolute atomic E-state index is 1.01. The van der Waals surface area contributed by atoms with E-state index in [2.05, 4.69) is 61.4 Å². The Balaban J connectivity index is 0.00000137. The number of hydrazine groups is 1. The third-order valence-corrected chi connectivity index (χ3v) is 2.79. The zero-order chi connectivity index (χ0) is 13.8. The summed E-state index contributed by atoms with van der Waals surface area (Å²) in [6.45, 7) is 8.41. The van der Waals surface area contributed by atoms with Crippen LogP contribution in [0.15, 0.2) is 30.3 Å². The van der Waals surface area contributed by atoms with Crippen LogP contribution in [-0.4, -0.2) is 30.7 Å². The first-order chi connectivity index (χ1) is 8.74. The Labute approximate surface area is 114 Å². The summed E-state index contributed by atoms with van der Waals surface area (Å²) in [6, 6.07) is 10.7. The van der Waals surface area contributed by atoms with Crippen LogP contribution in [0, 0.1) is 0 Å². The summed E-state index contributed by atoms with van der Waals surface area (Å²) in [7, 11) is 4.24. The van der Waals surface area contributed by atoms with E-state index < -0.39 is 0 Å². The van der Waals surface area contributed by atoms with Crippen molar-refractivity contribution in [3.8, 4) is 0 Å². The van der Waals surface area contributed by atoms with E-state index in [0.717, 1.165) is 13.1 Å². The van der Waals surface area contributed by atoms with Gasteiger partial charge in [0.15, 0.2) is 0 Å². The second kappa shape index (κ2) is 11.2. The number of nitrogens with zero attached hydrogens (tertiary/aromatic N) is 2. The van der Waals surface area contributed by atoms with Gasteiger partial charge in [0, 0.05) is 27.2 Å². The van der Waals surface area contributed by atoms with Crippen molar-refractivity contribution in [3.05, 3.63) is 35.9 Å². The van der Waals surface area contributed by atoms with Crippen molar-refractivity contribution in [2.24, 2.45) is 0 Å². The topological polar surface area (TPSA) is 6.48 Å². The molecule has 2 nitrogen and oxygen atoms in total. The average molecular weight is 250 g/mol. The summed E-state index contributed by atoms with van der Waals surface area (Å²) < 4.78 is 0. The third kappa shape index (κ3) is 7.46. The Kier molecular flexibility index (Phi) is 10.7. The van der Waals surface area contributed by atoms with Gasteiger partial charge >= 0.3 is 0 Å². The molecular formula is C16H30N2. The van der Waals surface area contributed by atoms with Gasteiger partial charge in [-0.2, -0.15) is 0 Å². The van der Waals surface area contributed by atoms with Gasteiger partial charge in [0.05, 0.1) is 0 Å². The third-order valence-electron chi connectivity index (χ3n) is 2.79. The molecule has 0 aliphatic rings. The van der Waals surface area contributed by atoms with E-state index in [1.165, 1.54) is 24.8 Å². The Morgan fingerprint density at radius 2 is 1.56 bits per heavy atom. The molecule has 0 aliphatic carbocycles. The van der Waals surface area contributed by atoms with Crippen molar-refractivity contribution < 1.29 is 0 Å². The second-order valence-electron chi connectivity index (χ2n) is 4.43. The average Bonchev–Trinajstić information content (AvgIpc) is 2.41. The van der Waals surface area contributed by atoms with Gasteiger partial charge in [-0.15, -0.1) is 0 Å². The van der Waals surface area contributed by atoms with E-state index in [1.54, 1.807) is 0 Å². The minimum Gasteiger partial charge on any atom is -0.248 e. The van der Waals surface area contributed by atoms with Gasteiger partial charge in [0.1, 0.15) is 0 Å². The highest BCUT2D eigenvalue weighted by Crippen LogP contribution is 2.07. The Bertz CT molecular complexity index is 270. The lowest BCUT2D eigenvalue weighted by Crippen LogP contribution is -2.37. The fourth-order valence-electron chi connectivity index (χ4n) is 1.76. The molecule has 0 aliphatic heterocycles. The predicted molar refractivity (Wildman–Crippen MR) is 81.4 cm³/mol. The van der Waals surface area contributed by atoms with Crippen LogP contribution in [0.1, 0.15) is 45.6 Å². The molecule has 18 heavy (non-hydrogen) atoms. The molecule has 0 radical (unpaired) electrons. The quantitative estimate of drug-likeness (QED) is 0.529. The van der Waals surface area contributed by atoms with Crippen LogP contribution in [0.25, 0.3) is 0 Å². The molecule has 0 saturated heterocycles. The molecule has 0 N–H and O–H groups in total. The molecule has 0 aromatic heterocycles. The number of benzene rings is 1. The lowest BCUT2D eigenvalue weighted by Gasteiger charge is -2.29. The first-order valence-corrected chi connectivity index (χ1v) is 7.20. The molecule has 0 spiro atoms. The van der Waals surface area contributed by atoms with E-state index in [-0.39, 0.29) is 0 Å². The lowest BCUT2D eigenvalue weighted by atomic mass is 10.2. The molecule has 0 fully saturated rings. The van der Waals surface area contributed by atoms with Crippen LogP contribution < -0.4 is 0 Å². The maximum absolute atomic E-state index is 2.39. The van der Waals surface area contributed by atoms with E-state index in [1.807, 2.05) is 13.8 Å². The zero-order valence-electron chi connectivity index (χ0n) is 12.8. The fourth-order valence-corrected chi connectivity index (χ4v) is 1.76. The molecule has 0 amide bonds. The van der Waals surface area contributed by atoms with Gasteiger partial charge in [-0.25, -0.2) is 10.0 Å². The van der Waals surface area contributed by atoms with Crippen LogP contribution in [0.2, 0.25) is 0 Å². The minimum atomic E-state index is 1.01. The molecule has 0 saturated carbocycles. The van der Waals surface area contributed by atoms with E-state index in [4.69, 9.17) is 0 Å². The number of rotatable bonds is 7. The lowest BCUT2D eigenvalue weighted by molar-refractivity contribution is 0.0147. The summed E-state index contributed by atoms with van der Waals surface area (Å²) in [6.07, 6.45) is 3.88. The fraction of sp³-hybridized carbons (Fsp3) is 0.625. The maximum atomic E-state index is 2.39. The molecule has 0 bridgehead atoms. The first-order valence-electron chi connectivity index (χ1n) is 7.20. The number of unbranched alkanes of at least 4 members (excludes halogenated alkanes) is 2. The Morgan fingerprint density at radius 1 is 0.944 bits per heavy atom. The highest BCUT2D eigenvalue weighted by atomic mass is 15.6. The number of hydrogen-bond acceptors (Lipinski definition) is 2. The predicted octanol–water partition coefficient (Wildman–Crippen LogP) is 4.18. The Morgan fingerprint density at radius 3 is 2.06 bits per heavy atom. The largest absolute Gasteiger partial charge is 0.248 e. The van der Waals surface area contributed by atoms with Gasteiger partial charge in [-0.1, -0.05) is 63.9 Å². The van der Waals surface area contributed by atoms with E-state index in [9.17, 15) is 0 Å². The van der Waals surface area contributed by atoms with Crippen molar-refractivity contribution >= 4 is 0 Å². The van der Waals surface area contributed by atoms with Gasteiger partial charge in [-0.3, -0.25) is 0 Å². The van der Waals surface area contributed by atoms with Gasteiger partial charge in [0.25, 0.3) is 0 Å². The number of hydrogen-bond donors (Lipinski definition) is 0. The van der Waals surface area contributed by atoms with Gasteiger partial charge in [-0.05, 0) is 12.0 Å². The zero-order valence-corrected chi connectivity index (χ0v) is 12.8. The Hall–Kier alpha value is -0.860. The summed E-state index contributed by atoms with van der Waals surface area (Å²) >= 11 is 0. The molecule has 2 heteroatoms. The van der Waals surface area contributed by atoms with Crippen molar-refractivity contribution in [2.45, 2.75) is 46.6 Å². The summed E-state index contributed by atoms with van der Waals surface area (Å²) in [5.74, 6) is 0. The highest BCUT2D eigenvalue weighted by molar-refractivity contribution is 5.14. The van der Waals surface area contributed by atoms with Gasteiger partial charge < -0.3 is 0 Å².